The van der Waals surface area contributed by atoms with Crippen LogP contribution < -0.4 is 19.7 Å². The summed E-state index contributed by atoms with van der Waals surface area (Å²) < 4.78 is 10.7. The molecule has 4 rings (SSSR count). The minimum Gasteiger partial charge on any atom is -0.497 e. The smallest absolute Gasteiger partial charge is 0.321 e. The van der Waals surface area contributed by atoms with Crippen LogP contribution in [0, 0.1) is 12.8 Å². The quantitative estimate of drug-likeness (QED) is 0.732. The van der Waals surface area contributed by atoms with Crippen LogP contribution in [0.5, 0.6) is 11.5 Å². The number of urea groups is 1. The van der Waals surface area contributed by atoms with Crippen LogP contribution in [-0.4, -0.2) is 74.6 Å². The molecule has 2 heterocycles. The number of rotatable bonds is 5. The van der Waals surface area contributed by atoms with E-state index >= 15 is 0 Å². The fourth-order valence-corrected chi connectivity index (χ4v) is 4.43. The number of methoxy groups -OCH3 is 2. The number of ether oxygens (including phenoxy) is 2. The van der Waals surface area contributed by atoms with Crippen LogP contribution in [0.15, 0.2) is 42.5 Å². The average molecular weight is 467 g/mol. The number of carbonyl (C=O) groups is 3. The van der Waals surface area contributed by atoms with Gasteiger partial charge in [-0.3, -0.25) is 9.59 Å². The predicted molar refractivity (Wildman–Crippen MR) is 128 cm³/mol. The van der Waals surface area contributed by atoms with Gasteiger partial charge in [0.25, 0.3) is 0 Å². The number of piperazine rings is 1. The van der Waals surface area contributed by atoms with Gasteiger partial charge in [-0.05, 0) is 36.8 Å². The summed E-state index contributed by atoms with van der Waals surface area (Å²) in [4.78, 5) is 43.6. The van der Waals surface area contributed by atoms with Crippen LogP contribution in [0.3, 0.4) is 0 Å². The number of nitrogens with one attached hydrogen (secondary N) is 1. The first kappa shape index (κ1) is 23.4. The Morgan fingerprint density at radius 2 is 1.71 bits per heavy atom. The monoisotopic (exact) mass is 466 g/mol. The number of aryl methyl sites for hydroxylation is 1. The van der Waals surface area contributed by atoms with E-state index in [0.717, 1.165) is 11.3 Å². The summed E-state index contributed by atoms with van der Waals surface area (Å²) in [7, 11) is 3.10. The summed E-state index contributed by atoms with van der Waals surface area (Å²) in [5.74, 6) is 0.544. The zero-order chi connectivity index (χ0) is 24.2. The molecular formula is C25H30N4O5. The molecule has 2 aromatic carbocycles. The summed E-state index contributed by atoms with van der Waals surface area (Å²) >= 11 is 0. The van der Waals surface area contributed by atoms with E-state index < -0.39 is 5.92 Å². The highest BCUT2D eigenvalue weighted by Crippen LogP contribution is 2.36. The Bertz CT molecular complexity index is 1080. The highest BCUT2D eigenvalue weighted by molar-refractivity contribution is 6.01. The van der Waals surface area contributed by atoms with E-state index in [4.69, 9.17) is 9.47 Å². The van der Waals surface area contributed by atoms with Gasteiger partial charge in [-0.1, -0.05) is 12.1 Å². The van der Waals surface area contributed by atoms with Crippen LogP contribution in [-0.2, 0) is 9.59 Å². The number of hydrogen-bond acceptors (Lipinski definition) is 5. The summed E-state index contributed by atoms with van der Waals surface area (Å²) in [6.45, 7) is 4.02. The average Bonchev–Trinajstić information content (AvgIpc) is 3.24. The standard InChI is InChI=1S/C25H30N4O5/c1-17-5-4-6-19(13-17)26-25(32)28-11-9-27(10-12-28)24(31)18-14-23(30)29(16-18)21-15-20(33-2)7-8-22(21)34-3/h4-8,13,15,18H,9-12,14,16H2,1-3H3,(H,26,32). The molecule has 0 bridgehead atoms. The molecule has 9 nitrogen and oxygen atoms in total. The van der Waals surface area contributed by atoms with E-state index in [0.29, 0.717) is 43.4 Å². The Balaban J connectivity index is 1.35. The van der Waals surface area contributed by atoms with Gasteiger partial charge in [-0.25, -0.2) is 4.79 Å². The fraction of sp³-hybridized carbons (Fsp3) is 0.400. The molecule has 34 heavy (non-hydrogen) atoms. The van der Waals surface area contributed by atoms with Crippen molar-refractivity contribution in [2.45, 2.75) is 13.3 Å². The lowest BCUT2D eigenvalue weighted by Crippen LogP contribution is -2.53. The first-order valence-corrected chi connectivity index (χ1v) is 11.3. The second-order valence-corrected chi connectivity index (χ2v) is 8.56. The molecule has 1 atom stereocenters. The highest BCUT2D eigenvalue weighted by atomic mass is 16.5. The van der Waals surface area contributed by atoms with E-state index in [9.17, 15) is 14.4 Å². The Morgan fingerprint density at radius 3 is 2.38 bits per heavy atom. The van der Waals surface area contributed by atoms with E-state index in [1.54, 1.807) is 47.1 Å². The topological polar surface area (TPSA) is 91.4 Å². The molecule has 0 saturated carbocycles. The zero-order valence-electron chi connectivity index (χ0n) is 19.7. The van der Waals surface area contributed by atoms with Gasteiger partial charge >= 0.3 is 6.03 Å². The van der Waals surface area contributed by atoms with Gasteiger partial charge in [0.15, 0.2) is 0 Å². The normalized spacial score (nSPS) is 18.1. The second kappa shape index (κ2) is 10.0. The number of benzene rings is 2. The van der Waals surface area contributed by atoms with Crippen molar-refractivity contribution in [1.82, 2.24) is 9.80 Å². The van der Waals surface area contributed by atoms with Crippen molar-refractivity contribution in [1.29, 1.82) is 0 Å². The highest BCUT2D eigenvalue weighted by Gasteiger charge is 2.39. The van der Waals surface area contributed by atoms with Gasteiger partial charge in [0.2, 0.25) is 11.8 Å². The molecule has 0 radical (unpaired) electrons. The molecule has 0 aliphatic carbocycles. The van der Waals surface area contributed by atoms with Crippen LogP contribution in [0.25, 0.3) is 0 Å². The van der Waals surface area contributed by atoms with Crippen LogP contribution in [0.1, 0.15) is 12.0 Å². The lowest BCUT2D eigenvalue weighted by molar-refractivity contribution is -0.137. The van der Waals surface area contributed by atoms with Crippen LogP contribution in [0.4, 0.5) is 16.2 Å². The third-order valence-corrected chi connectivity index (χ3v) is 6.30. The molecule has 0 spiro atoms. The molecule has 0 aromatic heterocycles. The first-order valence-electron chi connectivity index (χ1n) is 11.3. The van der Waals surface area contributed by atoms with Crippen molar-refractivity contribution >= 4 is 29.2 Å². The maximum atomic E-state index is 13.2. The molecule has 1 unspecified atom stereocenters. The number of hydrogen-bond donors (Lipinski definition) is 1. The molecule has 180 valence electrons. The van der Waals surface area contributed by atoms with Gasteiger partial charge in [-0.2, -0.15) is 0 Å². The van der Waals surface area contributed by atoms with Gasteiger partial charge in [0.1, 0.15) is 11.5 Å². The lowest BCUT2D eigenvalue weighted by atomic mass is 10.1. The lowest BCUT2D eigenvalue weighted by Gasteiger charge is -2.35. The molecule has 2 saturated heterocycles. The van der Waals surface area contributed by atoms with Crippen LogP contribution in [0.2, 0.25) is 0 Å². The van der Waals surface area contributed by atoms with Gasteiger partial charge in [-0.15, -0.1) is 0 Å². The van der Waals surface area contributed by atoms with Crippen molar-refractivity contribution in [3.05, 3.63) is 48.0 Å². The molecule has 2 aromatic rings. The maximum Gasteiger partial charge on any atom is 0.321 e. The van der Waals surface area contributed by atoms with Crippen molar-refractivity contribution in [3.8, 4) is 11.5 Å². The third kappa shape index (κ3) is 4.93. The number of nitrogens with zero attached hydrogens (tertiary/aromatic N) is 3. The minimum atomic E-state index is -0.434. The molecule has 2 aliphatic heterocycles. The van der Waals surface area contributed by atoms with Crippen molar-refractivity contribution in [2.75, 3.05) is 57.2 Å². The van der Waals surface area contributed by atoms with E-state index in [-0.39, 0.29) is 30.8 Å². The van der Waals surface area contributed by atoms with E-state index in [1.807, 2.05) is 31.2 Å². The molecule has 2 fully saturated rings. The largest absolute Gasteiger partial charge is 0.497 e. The minimum absolute atomic E-state index is 0.0588. The third-order valence-electron chi connectivity index (χ3n) is 6.30. The van der Waals surface area contributed by atoms with Crippen LogP contribution >= 0.6 is 0 Å². The molecule has 1 N–H and O–H groups in total. The molecule has 2 aliphatic rings. The number of carbonyl (C=O) groups excluding carboxylic acids is 3. The summed E-state index contributed by atoms with van der Waals surface area (Å²) in [5, 5.41) is 2.91. The fourth-order valence-electron chi connectivity index (χ4n) is 4.43. The van der Waals surface area contributed by atoms with Gasteiger partial charge in [0.05, 0.1) is 25.8 Å². The molecular weight excluding hydrogens is 436 g/mol. The van der Waals surface area contributed by atoms with Crippen molar-refractivity contribution < 1.29 is 23.9 Å². The Morgan fingerprint density at radius 1 is 0.971 bits per heavy atom. The van der Waals surface area contributed by atoms with E-state index in [2.05, 4.69) is 5.32 Å². The Kier molecular flexibility index (Phi) is 6.90. The summed E-state index contributed by atoms with van der Waals surface area (Å²) in [5.41, 5.74) is 2.42. The maximum absolute atomic E-state index is 13.2. The second-order valence-electron chi connectivity index (χ2n) is 8.56. The predicted octanol–water partition coefficient (Wildman–Crippen LogP) is 2.74. The first-order chi connectivity index (χ1) is 16.4. The number of amides is 4. The Hall–Kier alpha value is -3.75. The van der Waals surface area contributed by atoms with Crippen molar-refractivity contribution in [3.63, 3.8) is 0 Å². The van der Waals surface area contributed by atoms with Gasteiger partial charge < -0.3 is 29.5 Å². The van der Waals surface area contributed by atoms with Crippen molar-refractivity contribution in [2.24, 2.45) is 5.92 Å². The SMILES string of the molecule is COc1ccc(OC)c(N2CC(C(=O)N3CCN(C(=O)Nc4cccc(C)c4)CC3)CC2=O)c1. The van der Waals surface area contributed by atoms with Gasteiger partial charge in [0, 0.05) is 50.9 Å². The molecule has 4 amide bonds. The van der Waals surface area contributed by atoms with E-state index in [1.165, 1.54) is 0 Å². The Labute approximate surface area is 199 Å². The summed E-state index contributed by atoms with van der Waals surface area (Å²) in [6, 6.07) is 12.7. The summed E-state index contributed by atoms with van der Waals surface area (Å²) in [6.07, 6.45) is 0.146. The molecule has 9 heteroatoms. The zero-order valence-corrected chi connectivity index (χ0v) is 19.7. The number of anilines is 2.